The molecule has 22 heavy (non-hydrogen) atoms. The van der Waals surface area contributed by atoms with Crippen molar-refractivity contribution in [2.45, 2.75) is 13.5 Å². The topological polar surface area (TPSA) is 71.5 Å². The lowest BCUT2D eigenvalue weighted by Gasteiger charge is -2.10. The summed E-state index contributed by atoms with van der Waals surface area (Å²) in [6, 6.07) is 8.82. The average Bonchev–Trinajstić information content (AvgIpc) is 2.55. The van der Waals surface area contributed by atoms with Gasteiger partial charge in [0, 0.05) is 29.7 Å². The highest BCUT2D eigenvalue weighted by Gasteiger charge is 2.05. The first-order valence-corrected chi connectivity index (χ1v) is 6.98. The van der Waals surface area contributed by atoms with Crippen LogP contribution in [0.15, 0.2) is 48.8 Å². The van der Waals surface area contributed by atoms with E-state index in [1.54, 1.807) is 42.7 Å². The van der Waals surface area contributed by atoms with E-state index >= 15 is 0 Å². The van der Waals surface area contributed by atoms with Gasteiger partial charge in [0.15, 0.2) is 0 Å². The number of amides is 1. The van der Waals surface area contributed by atoms with Crippen LogP contribution in [0.5, 0.6) is 5.75 Å². The van der Waals surface area contributed by atoms with Crippen LogP contribution in [0.4, 0.5) is 5.69 Å². The van der Waals surface area contributed by atoms with Crippen molar-refractivity contribution in [1.29, 1.82) is 0 Å². The molecule has 1 aromatic carbocycles. The maximum Gasteiger partial charge on any atom is 0.248 e. The number of nitrogens with one attached hydrogen (secondary N) is 1. The standard InChI is InChI=1S/C17H18N2O3/c1-2-22-16-7-6-15(10-14(16)12-20)19-17(21)8-5-13-4-3-9-18-11-13/h3-11,20H,2,12H2,1H3,(H,19,21)/b8-5+. The van der Waals surface area contributed by atoms with Gasteiger partial charge in [0.25, 0.3) is 0 Å². The van der Waals surface area contributed by atoms with E-state index in [0.29, 0.717) is 23.6 Å². The van der Waals surface area contributed by atoms with Gasteiger partial charge in [0.05, 0.1) is 13.2 Å². The first-order chi connectivity index (χ1) is 10.7. The molecule has 0 spiro atoms. The number of hydrogen-bond acceptors (Lipinski definition) is 4. The van der Waals surface area contributed by atoms with Gasteiger partial charge in [-0.2, -0.15) is 0 Å². The molecule has 0 fully saturated rings. The summed E-state index contributed by atoms with van der Waals surface area (Å²) in [7, 11) is 0. The minimum Gasteiger partial charge on any atom is -0.494 e. The quantitative estimate of drug-likeness (QED) is 0.804. The molecule has 5 nitrogen and oxygen atoms in total. The molecule has 114 valence electrons. The van der Waals surface area contributed by atoms with Crippen molar-refractivity contribution >= 4 is 17.7 Å². The Morgan fingerprint density at radius 3 is 2.95 bits per heavy atom. The lowest BCUT2D eigenvalue weighted by Crippen LogP contribution is -2.08. The Labute approximate surface area is 129 Å². The summed E-state index contributed by atoms with van der Waals surface area (Å²) in [4.78, 5) is 15.9. The number of aliphatic hydroxyl groups is 1. The molecule has 1 amide bonds. The largest absolute Gasteiger partial charge is 0.494 e. The van der Waals surface area contributed by atoms with E-state index in [1.165, 1.54) is 6.08 Å². The van der Waals surface area contributed by atoms with Crippen molar-refractivity contribution in [1.82, 2.24) is 4.98 Å². The zero-order chi connectivity index (χ0) is 15.8. The molecule has 0 atom stereocenters. The molecule has 5 heteroatoms. The maximum absolute atomic E-state index is 11.9. The van der Waals surface area contributed by atoms with Crippen molar-refractivity contribution in [3.05, 3.63) is 59.9 Å². The normalized spacial score (nSPS) is 10.6. The third-order valence-electron chi connectivity index (χ3n) is 2.91. The van der Waals surface area contributed by atoms with Crippen LogP contribution in [-0.2, 0) is 11.4 Å². The molecule has 0 aliphatic heterocycles. The van der Waals surface area contributed by atoms with Gasteiger partial charge in [-0.05, 0) is 42.8 Å². The molecule has 0 bridgehead atoms. The van der Waals surface area contributed by atoms with Crippen LogP contribution < -0.4 is 10.1 Å². The zero-order valence-electron chi connectivity index (χ0n) is 12.3. The molecule has 0 unspecified atom stereocenters. The number of aromatic nitrogens is 1. The number of rotatable bonds is 6. The second kappa shape index (κ2) is 7.95. The number of carbonyl (C=O) groups is 1. The molecule has 2 aromatic rings. The van der Waals surface area contributed by atoms with Crippen LogP contribution in [0.2, 0.25) is 0 Å². The minimum absolute atomic E-state index is 0.148. The smallest absolute Gasteiger partial charge is 0.248 e. The van der Waals surface area contributed by atoms with E-state index < -0.39 is 0 Å². The van der Waals surface area contributed by atoms with Gasteiger partial charge in [-0.25, -0.2) is 0 Å². The van der Waals surface area contributed by atoms with Crippen LogP contribution in [0.3, 0.4) is 0 Å². The Morgan fingerprint density at radius 2 is 2.27 bits per heavy atom. The fraction of sp³-hybridized carbons (Fsp3) is 0.176. The number of ether oxygens (including phenoxy) is 1. The Hall–Kier alpha value is -2.66. The monoisotopic (exact) mass is 298 g/mol. The molecule has 1 aromatic heterocycles. The van der Waals surface area contributed by atoms with Crippen LogP contribution >= 0.6 is 0 Å². The SMILES string of the molecule is CCOc1ccc(NC(=O)/C=C/c2cccnc2)cc1CO. The van der Waals surface area contributed by atoms with E-state index in [1.807, 2.05) is 13.0 Å². The molecule has 0 aliphatic carbocycles. The van der Waals surface area contributed by atoms with Crippen LogP contribution in [0, 0.1) is 0 Å². The highest BCUT2D eigenvalue weighted by Crippen LogP contribution is 2.23. The van der Waals surface area contributed by atoms with Crippen LogP contribution in [0.25, 0.3) is 6.08 Å². The Bertz CT molecular complexity index is 654. The highest BCUT2D eigenvalue weighted by atomic mass is 16.5. The van der Waals surface area contributed by atoms with Crippen molar-refractivity contribution in [3.63, 3.8) is 0 Å². The third-order valence-corrected chi connectivity index (χ3v) is 2.91. The minimum atomic E-state index is -0.253. The third kappa shape index (κ3) is 4.43. The lowest BCUT2D eigenvalue weighted by molar-refractivity contribution is -0.111. The second-order valence-electron chi connectivity index (χ2n) is 4.52. The van der Waals surface area contributed by atoms with Gasteiger partial charge < -0.3 is 15.2 Å². The van der Waals surface area contributed by atoms with E-state index in [-0.39, 0.29) is 12.5 Å². The van der Waals surface area contributed by atoms with Gasteiger partial charge in [0.2, 0.25) is 5.91 Å². The number of nitrogens with zero attached hydrogens (tertiary/aromatic N) is 1. The fourth-order valence-corrected chi connectivity index (χ4v) is 1.91. The fourth-order valence-electron chi connectivity index (χ4n) is 1.91. The number of anilines is 1. The molecule has 2 N–H and O–H groups in total. The van der Waals surface area contributed by atoms with Gasteiger partial charge in [-0.3, -0.25) is 9.78 Å². The first kappa shape index (κ1) is 15.7. The van der Waals surface area contributed by atoms with Gasteiger partial charge in [0.1, 0.15) is 5.75 Å². The van der Waals surface area contributed by atoms with Crippen molar-refractivity contribution in [3.8, 4) is 5.75 Å². The number of aliphatic hydroxyl groups excluding tert-OH is 1. The lowest BCUT2D eigenvalue weighted by atomic mass is 10.2. The van der Waals surface area contributed by atoms with Gasteiger partial charge in [-0.1, -0.05) is 6.07 Å². The number of carbonyl (C=O) groups excluding carboxylic acids is 1. The van der Waals surface area contributed by atoms with Crippen molar-refractivity contribution in [2.75, 3.05) is 11.9 Å². The van der Waals surface area contributed by atoms with Gasteiger partial charge >= 0.3 is 0 Å². The summed E-state index contributed by atoms with van der Waals surface area (Å²) in [6.07, 6.45) is 6.47. The molecule has 0 aliphatic rings. The molecule has 0 saturated heterocycles. The van der Waals surface area contributed by atoms with Crippen molar-refractivity contribution < 1.29 is 14.6 Å². The summed E-state index contributed by atoms with van der Waals surface area (Å²) >= 11 is 0. The Balaban J connectivity index is 2.04. The summed E-state index contributed by atoms with van der Waals surface area (Å²) in [5, 5.41) is 12.1. The molecule has 1 heterocycles. The zero-order valence-corrected chi connectivity index (χ0v) is 12.3. The van der Waals surface area contributed by atoms with Crippen LogP contribution in [0.1, 0.15) is 18.1 Å². The predicted octanol–water partition coefficient (Wildman–Crippen LogP) is 2.62. The molecule has 0 radical (unpaired) electrons. The first-order valence-electron chi connectivity index (χ1n) is 6.98. The molecular weight excluding hydrogens is 280 g/mol. The second-order valence-corrected chi connectivity index (χ2v) is 4.52. The van der Waals surface area contributed by atoms with E-state index in [0.717, 1.165) is 5.56 Å². The van der Waals surface area contributed by atoms with E-state index in [4.69, 9.17) is 4.74 Å². The molecule has 2 rings (SSSR count). The average molecular weight is 298 g/mol. The Morgan fingerprint density at radius 1 is 1.41 bits per heavy atom. The number of benzene rings is 1. The maximum atomic E-state index is 11.9. The number of pyridine rings is 1. The van der Waals surface area contributed by atoms with E-state index in [2.05, 4.69) is 10.3 Å². The summed E-state index contributed by atoms with van der Waals surface area (Å²) < 4.78 is 5.40. The van der Waals surface area contributed by atoms with Crippen molar-refractivity contribution in [2.24, 2.45) is 0 Å². The van der Waals surface area contributed by atoms with E-state index in [9.17, 15) is 9.90 Å². The molecule has 0 saturated carbocycles. The predicted molar refractivity (Wildman–Crippen MR) is 85.4 cm³/mol. The summed E-state index contributed by atoms with van der Waals surface area (Å²) in [6.45, 7) is 2.25. The summed E-state index contributed by atoms with van der Waals surface area (Å²) in [5.74, 6) is 0.366. The highest BCUT2D eigenvalue weighted by molar-refractivity contribution is 6.02. The number of hydrogen-bond donors (Lipinski definition) is 2. The molecular formula is C17H18N2O3. The van der Waals surface area contributed by atoms with Crippen LogP contribution in [-0.4, -0.2) is 22.6 Å². The Kier molecular flexibility index (Phi) is 5.68. The van der Waals surface area contributed by atoms with Gasteiger partial charge in [-0.15, -0.1) is 0 Å². The summed E-state index contributed by atoms with van der Waals surface area (Å²) in [5.41, 5.74) is 2.09.